The minimum atomic E-state index is -5.08. The highest BCUT2D eigenvalue weighted by atomic mass is 19.4. The maximum absolute atomic E-state index is 10.6. The van der Waals surface area contributed by atoms with E-state index in [1.807, 2.05) is 24.3 Å². The van der Waals surface area contributed by atoms with Crippen LogP contribution in [0.25, 0.3) is 0 Å². The van der Waals surface area contributed by atoms with E-state index in [1.54, 1.807) is 18.7 Å². The number of pyridine rings is 1. The van der Waals surface area contributed by atoms with Gasteiger partial charge in [0.1, 0.15) is 5.76 Å². The fourth-order valence-corrected chi connectivity index (χ4v) is 3.69. The summed E-state index contributed by atoms with van der Waals surface area (Å²) in [6.07, 6.45) is -1.46. The van der Waals surface area contributed by atoms with Crippen LogP contribution in [-0.2, 0) is 32.2 Å². The van der Waals surface area contributed by atoms with E-state index in [-0.39, 0.29) is 11.7 Å². The second kappa shape index (κ2) is 13.6. The van der Waals surface area contributed by atoms with Crippen LogP contribution in [0.3, 0.4) is 0 Å². The molecular formula is C23H26F6N2O7. The number of piperidine rings is 1. The molecule has 0 saturated carbocycles. The van der Waals surface area contributed by atoms with Crippen LogP contribution in [0.4, 0.5) is 26.3 Å². The van der Waals surface area contributed by atoms with Gasteiger partial charge in [-0.1, -0.05) is 0 Å². The highest BCUT2D eigenvalue weighted by Gasteiger charge is 2.43. The summed E-state index contributed by atoms with van der Waals surface area (Å²) in [7, 11) is 0. The molecule has 2 aliphatic rings. The van der Waals surface area contributed by atoms with Crippen molar-refractivity contribution in [2.24, 2.45) is 0 Å². The Morgan fingerprint density at radius 3 is 2.05 bits per heavy atom. The molecule has 4 heterocycles. The lowest BCUT2D eigenvalue weighted by atomic mass is 9.88. The van der Waals surface area contributed by atoms with Gasteiger partial charge in [-0.15, -0.1) is 0 Å². The van der Waals surface area contributed by atoms with E-state index in [0.29, 0.717) is 13.2 Å². The molecule has 2 aromatic rings. The summed E-state index contributed by atoms with van der Waals surface area (Å²) in [6, 6.07) is 7.99. The number of aromatic nitrogens is 1. The summed E-state index contributed by atoms with van der Waals surface area (Å²) in [6.45, 7) is 4.35. The SMILES string of the molecule is O=C(O)C(F)(F)F.O=C(O)C(F)(F)F.c1coc(CN2CCC3(CC2)CC(OCc2ccncc2)CO3)c1. The molecule has 2 aromatic heterocycles. The van der Waals surface area contributed by atoms with E-state index < -0.39 is 24.3 Å². The number of carbonyl (C=O) groups is 2. The van der Waals surface area contributed by atoms with Crippen LogP contribution < -0.4 is 0 Å². The molecule has 38 heavy (non-hydrogen) atoms. The minimum absolute atomic E-state index is 0.0164. The Morgan fingerprint density at radius 1 is 1.03 bits per heavy atom. The standard InChI is InChI=1S/C19H24N2O3.2C2HF3O2/c1-2-17(22-11-1)13-21-9-5-19(6-10-21)12-18(15-24-19)23-14-16-3-7-20-8-4-16;2*3-2(4,5)1(6)7/h1-4,7-8,11,18H,5-6,9-10,12-15H2;2*(H,6,7). The van der Waals surface area contributed by atoms with Crippen LogP contribution in [0.15, 0.2) is 47.3 Å². The first-order valence-corrected chi connectivity index (χ1v) is 11.2. The van der Waals surface area contributed by atoms with Crippen molar-refractivity contribution >= 4 is 11.9 Å². The number of carboxylic acids is 2. The third kappa shape index (κ3) is 10.7. The largest absolute Gasteiger partial charge is 0.490 e. The number of halogens is 6. The molecule has 0 radical (unpaired) electrons. The Hall–Kier alpha value is -3.17. The molecular weight excluding hydrogens is 530 g/mol. The third-order valence-corrected chi connectivity index (χ3v) is 5.62. The molecule has 212 valence electrons. The summed E-state index contributed by atoms with van der Waals surface area (Å²) >= 11 is 0. The van der Waals surface area contributed by atoms with E-state index in [2.05, 4.69) is 9.88 Å². The maximum Gasteiger partial charge on any atom is 0.490 e. The normalized spacial score (nSPS) is 19.2. The predicted molar refractivity (Wildman–Crippen MR) is 117 cm³/mol. The van der Waals surface area contributed by atoms with Gasteiger partial charge in [-0.3, -0.25) is 9.88 Å². The number of hydrogen-bond donors (Lipinski definition) is 2. The van der Waals surface area contributed by atoms with Gasteiger partial charge in [-0.25, -0.2) is 9.59 Å². The molecule has 1 unspecified atom stereocenters. The average Bonchev–Trinajstić information content (AvgIpc) is 3.50. The van der Waals surface area contributed by atoms with Gasteiger partial charge in [0, 0.05) is 31.9 Å². The average molecular weight is 556 g/mol. The van der Waals surface area contributed by atoms with Gasteiger partial charge < -0.3 is 24.1 Å². The Kier molecular flexibility index (Phi) is 11.1. The lowest BCUT2D eigenvalue weighted by Crippen LogP contribution is -2.43. The van der Waals surface area contributed by atoms with Crippen LogP contribution in [0.1, 0.15) is 30.6 Å². The van der Waals surface area contributed by atoms with Crippen molar-refractivity contribution in [3.05, 3.63) is 54.2 Å². The Labute approximate surface area is 213 Å². The molecule has 2 N–H and O–H groups in total. The van der Waals surface area contributed by atoms with Crippen LogP contribution >= 0.6 is 0 Å². The highest BCUT2D eigenvalue weighted by Crippen LogP contribution is 2.37. The first kappa shape index (κ1) is 31.1. The number of aliphatic carboxylic acids is 2. The van der Waals surface area contributed by atoms with Crippen molar-refractivity contribution in [3.8, 4) is 0 Å². The fourth-order valence-electron chi connectivity index (χ4n) is 3.69. The van der Waals surface area contributed by atoms with Gasteiger partial charge in [0.25, 0.3) is 0 Å². The molecule has 2 saturated heterocycles. The Balaban J connectivity index is 0.000000301. The third-order valence-electron chi connectivity index (χ3n) is 5.62. The molecule has 4 rings (SSSR count). The van der Waals surface area contributed by atoms with Crippen molar-refractivity contribution in [1.82, 2.24) is 9.88 Å². The highest BCUT2D eigenvalue weighted by molar-refractivity contribution is 5.73. The topological polar surface area (TPSA) is 122 Å². The molecule has 15 heteroatoms. The monoisotopic (exact) mass is 556 g/mol. The van der Waals surface area contributed by atoms with Gasteiger partial charge in [0.15, 0.2) is 0 Å². The lowest BCUT2D eigenvalue weighted by Gasteiger charge is -2.38. The quantitative estimate of drug-likeness (QED) is 0.520. The lowest BCUT2D eigenvalue weighted by molar-refractivity contribution is -0.193. The van der Waals surface area contributed by atoms with Gasteiger partial charge in [0.2, 0.25) is 0 Å². The van der Waals surface area contributed by atoms with Crippen molar-refractivity contribution < 1.29 is 60.0 Å². The second-order valence-electron chi connectivity index (χ2n) is 8.45. The van der Waals surface area contributed by atoms with Crippen molar-refractivity contribution in [1.29, 1.82) is 0 Å². The number of furan rings is 1. The van der Waals surface area contributed by atoms with Crippen LogP contribution in [0.2, 0.25) is 0 Å². The molecule has 2 aliphatic heterocycles. The summed E-state index contributed by atoms with van der Waals surface area (Å²) in [5.74, 6) is -4.48. The van der Waals surface area contributed by atoms with Gasteiger partial charge in [-0.2, -0.15) is 26.3 Å². The van der Waals surface area contributed by atoms with Crippen molar-refractivity contribution in [2.75, 3.05) is 19.7 Å². The van der Waals surface area contributed by atoms with Gasteiger partial charge in [-0.05, 0) is 42.7 Å². The summed E-state index contributed by atoms with van der Waals surface area (Å²) in [5.41, 5.74) is 1.18. The molecule has 2 fully saturated rings. The molecule has 1 atom stereocenters. The van der Waals surface area contributed by atoms with E-state index >= 15 is 0 Å². The zero-order chi connectivity index (χ0) is 28.4. The minimum Gasteiger partial charge on any atom is -0.475 e. The van der Waals surface area contributed by atoms with Crippen molar-refractivity contribution in [2.45, 2.75) is 56.5 Å². The molecule has 1 spiro atoms. The van der Waals surface area contributed by atoms with Crippen LogP contribution in [-0.4, -0.2) is 75.8 Å². The second-order valence-corrected chi connectivity index (χ2v) is 8.45. The number of alkyl halides is 6. The number of ether oxygens (including phenoxy) is 2. The van der Waals surface area contributed by atoms with Crippen molar-refractivity contribution in [3.63, 3.8) is 0 Å². The zero-order valence-corrected chi connectivity index (χ0v) is 19.9. The summed E-state index contributed by atoms with van der Waals surface area (Å²) in [4.78, 5) is 24.3. The number of nitrogens with zero attached hydrogens (tertiary/aromatic N) is 2. The maximum atomic E-state index is 10.6. The Bertz CT molecular complexity index is 968. The fraction of sp³-hybridized carbons (Fsp3) is 0.522. The zero-order valence-electron chi connectivity index (χ0n) is 19.9. The van der Waals surface area contributed by atoms with Gasteiger partial charge >= 0.3 is 24.3 Å². The molecule has 0 aliphatic carbocycles. The van der Waals surface area contributed by atoms with Crippen LogP contribution in [0.5, 0.6) is 0 Å². The first-order valence-electron chi connectivity index (χ1n) is 11.2. The van der Waals surface area contributed by atoms with E-state index in [1.165, 1.54) is 5.56 Å². The van der Waals surface area contributed by atoms with E-state index in [0.717, 1.165) is 44.7 Å². The number of likely N-dealkylation sites (tertiary alicyclic amines) is 1. The summed E-state index contributed by atoms with van der Waals surface area (Å²) < 4.78 is 81.1. The van der Waals surface area contributed by atoms with Crippen LogP contribution in [0, 0.1) is 0 Å². The Morgan fingerprint density at radius 2 is 1.58 bits per heavy atom. The predicted octanol–water partition coefficient (Wildman–Crippen LogP) is 4.28. The number of carboxylic acid groups (broad SMARTS) is 2. The first-order chi connectivity index (χ1) is 17.7. The number of rotatable bonds is 5. The smallest absolute Gasteiger partial charge is 0.475 e. The molecule has 0 aromatic carbocycles. The molecule has 0 bridgehead atoms. The molecule has 9 nitrogen and oxygen atoms in total. The number of hydrogen-bond acceptors (Lipinski definition) is 7. The van der Waals surface area contributed by atoms with E-state index in [4.69, 9.17) is 33.7 Å². The van der Waals surface area contributed by atoms with E-state index in [9.17, 15) is 26.3 Å². The molecule has 0 amide bonds. The van der Waals surface area contributed by atoms with Gasteiger partial charge in [0.05, 0.1) is 37.7 Å². The summed E-state index contributed by atoms with van der Waals surface area (Å²) in [5, 5.41) is 14.2.